The van der Waals surface area contributed by atoms with Crippen LogP contribution in [0.5, 0.6) is 0 Å². The molecule has 1 aliphatic rings. The van der Waals surface area contributed by atoms with Gasteiger partial charge in [-0.2, -0.15) is 0 Å². The summed E-state index contributed by atoms with van der Waals surface area (Å²) >= 11 is 0. The Morgan fingerprint density at radius 2 is 2.04 bits per heavy atom. The summed E-state index contributed by atoms with van der Waals surface area (Å²) in [5.41, 5.74) is 2.62. The molecule has 1 saturated heterocycles. The van der Waals surface area contributed by atoms with Crippen molar-refractivity contribution in [1.82, 2.24) is 4.90 Å². The first-order valence-corrected chi connectivity index (χ1v) is 9.30. The number of benzene rings is 1. The fourth-order valence-corrected chi connectivity index (χ4v) is 3.32. The molecule has 2 amide bonds. The lowest BCUT2D eigenvalue weighted by Crippen LogP contribution is -2.43. The van der Waals surface area contributed by atoms with Gasteiger partial charge >= 0.3 is 0 Å². The van der Waals surface area contributed by atoms with Gasteiger partial charge in [0.15, 0.2) is 0 Å². The Morgan fingerprint density at radius 1 is 1.27 bits per heavy atom. The quantitative estimate of drug-likeness (QED) is 0.871. The summed E-state index contributed by atoms with van der Waals surface area (Å²) in [6, 6.07) is 9.71. The topological polar surface area (TPSA) is 62.6 Å². The van der Waals surface area contributed by atoms with Crippen LogP contribution < -0.4 is 5.32 Å². The monoisotopic (exact) mass is 354 g/mol. The van der Waals surface area contributed by atoms with E-state index in [1.165, 1.54) is 18.1 Å². The number of hydrogen-bond donors (Lipinski definition) is 1. The summed E-state index contributed by atoms with van der Waals surface area (Å²) < 4.78 is 4.99. The predicted molar refractivity (Wildman–Crippen MR) is 101 cm³/mol. The van der Waals surface area contributed by atoms with E-state index in [1.807, 2.05) is 12.1 Å². The highest BCUT2D eigenvalue weighted by molar-refractivity contribution is 5.96. The maximum absolute atomic E-state index is 12.6. The van der Waals surface area contributed by atoms with Crippen LogP contribution in [0.2, 0.25) is 0 Å². The van der Waals surface area contributed by atoms with Crippen LogP contribution in [0.25, 0.3) is 0 Å². The Labute approximate surface area is 154 Å². The highest BCUT2D eigenvalue weighted by Crippen LogP contribution is 2.23. The molecule has 1 aliphatic heterocycles. The summed E-state index contributed by atoms with van der Waals surface area (Å²) in [6.45, 7) is 5.49. The largest absolute Gasteiger partial charge is 0.472 e. The molecule has 3 rings (SSSR count). The van der Waals surface area contributed by atoms with Crippen molar-refractivity contribution in [3.63, 3.8) is 0 Å². The molecule has 5 heteroatoms. The van der Waals surface area contributed by atoms with Gasteiger partial charge in [-0.05, 0) is 48.9 Å². The SMILES string of the molecule is CC[C@H](C)c1ccc(NC(=O)[C@H]2CCCN(C(=O)c3ccoc3)C2)cc1. The Hall–Kier alpha value is -2.56. The number of rotatable bonds is 5. The molecule has 1 aromatic heterocycles. The summed E-state index contributed by atoms with van der Waals surface area (Å²) in [5, 5.41) is 2.99. The van der Waals surface area contributed by atoms with E-state index in [-0.39, 0.29) is 17.7 Å². The average Bonchev–Trinajstić information content (AvgIpc) is 3.22. The van der Waals surface area contributed by atoms with Crippen molar-refractivity contribution in [3.8, 4) is 0 Å². The van der Waals surface area contributed by atoms with E-state index in [2.05, 4.69) is 31.3 Å². The molecule has 2 atom stereocenters. The van der Waals surface area contributed by atoms with Gasteiger partial charge in [-0.1, -0.05) is 26.0 Å². The highest BCUT2D eigenvalue weighted by Gasteiger charge is 2.29. The summed E-state index contributed by atoms with van der Waals surface area (Å²) in [6.07, 6.45) is 5.66. The van der Waals surface area contributed by atoms with Gasteiger partial charge in [0.25, 0.3) is 5.91 Å². The molecule has 0 aliphatic carbocycles. The van der Waals surface area contributed by atoms with E-state index in [1.54, 1.807) is 11.0 Å². The van der Waals surface area contributed by atoms with Crippen LogP contribution in [0.1, 0.15) is 54.9 Å². The molecule has 138 valence electrons. The maximum atomic E-state index is 12.6. The van der Waals surface area contributed by atoms with Gasteiger partial charge in [-0.25, -0.2) is 0 Å². The summed E-state index contributed by atoms with van der Waals surface area (Å²) in [4.78, 5) is 26.8. The number of piperidine rings is 1. The number of anilines is 1. The normalized spacial score (nSPS) is 18.4. The van der Waals surface area contributed by atoms with Crippen LogP contribution in [0.4, 0.5) is 5.69 Å². The van der Waals surface area contributed by atoms with Gasteiger partial charge in [0, 0.05) is 18.8 Å². The van der Waals surface area contributed by atoms with Crippen LogP contribution in [0, 0.1) is 5.92 Å². The van der Waals surface area contributed by atoms with Crippen molar-refractivity contribution in [2.45, 2.75) is 39.0 Å². The van der Waals surface area contributed by atoms with Gasteiger partial charge in [0.1, 0.15) is 6.26 Å². The molecular weight excluding hydrogens is 328 g/mol. The third-order valence-electron chi connectivity index (χ3n) is 5.21. The van der Waals surface area contributed by atoms with Crippen molar-refractivity contribution < 1.29 is 14.0 Å². The lowest BCUT2D eigenvalue weighted by atomic mass is 9.96. The molecule has 0 unspecified atom stereocenters. The third kappa shape index (κ3) is 4.15. The highest BCUT2D eigenvalue weighted by atomic mass is 16.3. The lowest BCUT2D eigenvalue weighted by Gasteiger charge is -2.31. The number of nitrogens with zero attached hydrogens (tertiary/aromatic N) is 1. The first-order valence-electron chi connectivity index (χ1n) is 9.30. The Kier molecular flexibility index (Phi) is 5.76. The molecule has 1 aromatic carbocycles. The summed E-state index contributed by atoms with van der Waals surface area (Å²) in [7, 11) is 0. The molecular formula is C21H26N2O3. The predicted octanol–water partition coefficient (Wildman–Crippen LogP) is 4.28. The lowest BCUT2D eigenvalue weighted by molar-refractivity contribution is -0.121. The number of furan rings is 1. The minimum atomic E-state index is -0.186. The van der Waals surface area contributed by atoms with Crippen molar-refractivity contribution in [3.05, 3.63) is 54.0 Å². The number of nitrogens with one attached hydrogen (secondary N) is 1. The third-order valence-corrected chi connectivity index (χ3v) is 5.21. The Bertz CT molecular complexity index is 737. The van der Waals surface area contributed by atoms with E-state index in [9.17, 15) is 9.59 Å². The molecule has 1 N–H and O–H groups in total. The van der Waals surface area contributed by atoms with Gasteiger partial charge in [0.05, 0.1) is 17.7 Å². The van der Waals surface area contributed by atoms with Crippen LogP contribution in [0.3, 0.4) is 0 Å². The van der Waals surface area contributed by atoms with Gasteiger partial charge in [-0.15, -0.1) is 0 Å². The van der Waals surface area contributed by atoms with E-state index >= 15 is 0 Å². The second-order valence-corrected chi connectivity index (χ2v) is 7.02. The zero-order valence-electron chi connectivity index (χ0n) is 15.4. The first kappa shape index (κ1) is 18.2. The van der Waals surface area contributed by atoms with Crippen LogP contribution in [0.15, 0.2) is 47.3 Å². The fourth-order valence-electron chi connectivity index (χ4n) is 3.32. The molecule has 0 saturated carbocycles. The smallest absolute Gasteiger partial charge is 0.257 e. The molecule has 5 nitrogen and oxygen atoms in total. The molecule has 0 radical (unpaired) electrons. The number of likely N-dealkylation sites (tertiary alicyclic amines) is 1. The van der Waals surface area contributed by atoms with Crippen molar-refractivity contribution >= 4 is 17.5 Å². The first-order chi connectivity index (χ1) is 12.6. The van der Waals surface area contributed by atoms with Crippen molar-refractivity contribution in [1.29, 1.82) is 0 Å². The van der Waals surface area contributed by atoms with Crippen LogP contribution in [-0.2, 0) is 4.79 Å². The van der Waals surface area contributed by atoms with Crippen LogP contribution in [-0.4, -0.2) is 29.8 Å². The van der Waals surface area contributed by atoms with Crippen molar-refractivity contribution in [2.75, 3.05) is 18.4 Å². The van der Waals surface area contributed by atoms with Gasteiger partial charge in [0.2, 0.25) is 5.91 Å². The number of carbonyl (C=O) groups is 2. The zero-order valence-corrected chi connectivity index (χ0v) is 15.4. The number of hydrogen-bond acceptors (Lipinski definition) is 3. The van der Waals surface area contributed by atoms with E-state index in [4.69, 9.17) is 4.42 Å². The minimum Gasteiger partial charge on any atom is -0.472 e. The molecule has 1 fully saturated rings. The summed E-state index contributed by atoms with van der Waals surface area (Å²) in [5.74, 6) is 0.231. The van der Waals surface area contributed by atoms with Crippen molar-refractivity contribution in [2.24, 2.45) is 5.92 Å². The maximum Gasteiger partial charge on any atom is 0.257 e. The van der Waals surface area contributed by atoms with E-state index < -0.39 is 0 Å². The minimum absolute atomic E-state index is 0.0222. The van der Waals surface area contributed by atoms with Crippen LogP contribution >= 0.6 is 0 Å². The molecule has 2 heterocycles. The van der Waals surface area contributed by atoms with Gasteiger partial charge < -0.3 is 14.6 Å². The number of amides is 2. The molecule has 0 bridgehead atoms. The molecule has 2 aromatic rings. The Balaban J connectivity index is 1.60. The second-order valence-electron chi connectivity index (χ2n) is 7.02. The van der Waals surface area contributed by atoms with Gasteiger partial charge in [-0.3, -0.25) is 9.59 Å². The second kappa shape index (κ2) is 8.21. The molecule has 0 spiro atoms. The van der Waals surface area contributed by atoms with E-state index in [0.29, 0.717) is 24.6 Å². The van der Waals surface area contributed by atoms with E-state index in [0.717, 1.165) is 24.9 Å². The standard InChI is InChI=1S/C21H26N2O3/c1-3-15(2)16-6-8-19(9-7-16)22-20(24)17-5-4-11-23(13-17)21(25)18-10-12-26-14-18/h6-10,12,14-15,17H,3-5,11,13H2,1-2H3,(H,22,24)/t15-,17-/m0/s1. The molecule has 26 heavy (non-hydrogen) atoms. The average molecular weight is 354 g/mol. The Morgan fingerprint density at radius 3 is 2.69 bits per heavy atom. The zero-order chi connectivity index (χ0) is 18.5. The fraction of sp³-hybridized carbons (Fsp3) is 0.429. The number of carbonyl (C=O) groups excluding carboxylic acids is 2.